The van der Waals surface area contributed by atoms with E-state index >= 15 is 0 Å². The molecule has 1 aliphatic carbocycles. The lowest BCUT2D eigenvalue weighted by Crippen LogP contribution is -2.45. The fourth-order valence-electron chi connectivity index (χ4n) is 4.07. The molecule has 2 aliphatic rings. The smallest absolute Gasteiger partial charge is 0.310 e. The zero-order chi connectivity index (χ0) is 14.4. The molecule has 0 radical (unpaired) electrons. The van der Waals surface area contributed by atoms with Crippen LogP contribution >= 0.6 is 0 Å². The molecule has 2 unspecified atom stereocenters. The summed E-state index contributed by atoms with van der Waals surface area (Å²) in [6.45, 7) is 6.20. The van der Waals surface area contributed by atoms with Crippen LogP contribution in [-0.4, -0.2) is 26.2 Å². The van der Waals surface area contributed by atoms with Gasteiger partial charge in [0.2, 0.25) is 0 Å². The molecule has 3 rings (SSSR count). The van der Waals surface area contributed by atoms with E-state index in [1.807, 2.05) is 0 Å². The average molecular weight is 273 g/mol. The third-order valence-electron chi connectivity index (χ3n) is 5.33. The Hall–Kier alpha value is -1.35. The van der Waals surface area contributed by atoms with Crippen LogP contribution in [0.3, 0.4) is 0 Å². The molecule has 1 aliphatic heterocycles. The minimum Gasteiger partial charge on any atom is -0.469 e. The van der Waals surface area contributed by atoms with Gasteiger partial charge in [0, 0.05) is 18.5 Å². The Morgan fingerprint density at radius 3 is 2.65 bits per heavy atom. The molecule has 1 spiro atoms. The monoisotopic (exact) mass is 273 g/mol. The van der Waals surface area contributed by atoms with E-state index < -0.39 is 0 Å². The van der Waals surface area contributed by atoms with Crippen molar-refractivity contribution in [2.75, 3.05) is 20.2 Å². The number of esters is 1. The summed E-state index contributed by atoms with van der Waals surface area (Å²) in [4.78, 5) is 12.2. The SMILES string of the molecule is COC(=O)C1CNCC12CCC(C)(C)c1ccccc12. The summed E-state index contributed by atoms with van der Waals surface area (Å²) in [6, 6.07) is 8.63. The maximum absolute atomic E-state index is 12.2. The molecule has 1 fully saturated rings. The molecule has 20 heavy (non-hydrogen) atoms. The molecule has 0 saturated carbocycles. The van der Waals surface area contributed by atoms with E-state index in [-0.39, 0.29) is 22.7 Å². The Balaban J connectivity index is 2.13. The molecular weight excluding hydrogens is 250 g/mol. The second kappa shape index (κ2) is 4.59. The summed E-state index contributed by atoms with van der Waals surface area (Å²) in [5.74, 6) is -0.144. The maximum Gasteiger partial charge on any atom is 0.310 e. The number of methoxy groups -OCH3 is 1. The Bertz CT molecular complexity index is 538. The lowest BCUT2D eigenvalue weighted by molar-refractivity contribution is -0.147. The van der Waals surface area contributed by atoms with E-state index in [0.29, 0.717) is 0 Å². The lowest BCUT2D eigenvalue weighted by Gasteiger charge is -2.45. The molecule has 0 amide bonds. The number of carbonyl (C=O) groups is 1. The summed E-state index contributed by atoms with van der Waals surface area (Å²) >= 11 is 0. The summed E-state index contributed by atoms with van der Waals surface area (Å²) in [5, 5.41) is 3.42. The van der Waals surface area contributed by atoms with Gasteiger partial charge in [0.05, 0.1) is 13.0 Å². The minimum atomic E-state index is -0.0841. The Labute approximate surface area is 120 Å². The molecular formula is C17H23NO2. The van der Waals surface area contributed by atoms with Crippen LogP contribution in [0, 0.1) is 5.92 Å². The van der Waals surface area contributed by atoms with Crippen molar-refractivity contribution in [1.82, 2.24) is 5.32 Å². The number of carbonyl (C=O) groups excluding carboxylic acids is 1. The van der Waals surface area contributed by atoms with Gasteiger partial charge in [0.1, 0.15) is 0 Å². The first-order valence-electron chi connectivity index (χ1n) is 7.40. The number of rotatable bonds is 1. The zero-order valence-corrected chi connectivity index (χ0v) is 12.5. The van der Waals surface area contributed by atoms with Gasteiger partial charge in [-0.25, -0.2) is 0 Å². The second-order valence-electron chi connectivity index (χ2n) is 6.79. The predicted octanol–water partition coefficient (Wildman–Crippen LogP) is 2.39. The summed E-state index contributed by atoms with van der Waals surface area (Å²) in [5.41, 5.74) is 2.84. The van der Waals surface area contributed by atoms with Crippen LogP contribution in [-0.2, 0) is 20.4 Å². The van der Waals surface area contributed by atoms with Crippen LogP contribution in [0.2, 0.25) is 0 Å². The van der Waals surface area contributed by atoms with Crippen LogP contribution in [0.25, 0.3) is 0 Å². The molecule has 1 saturated heterocycles. The number of fused-ring (bicyclic) bond motifs is 2. The predicted molar refractivity (Wildman–Crippen MR) is 78.8 cm³/mol. The normalized spacial score (nSPS) is 31.1. The first kappa shape index (κ1) is 13.6. The number of nitrogens with one attached hydrogen (secondary N) is 1. The van der Waals surface area contributed by atoms with Gasteiger partial charge in [0.15, 0.2) is 0 Å². The van der Waals surface area contributed by atoms with E-state index in [9.17, 15) is 4.79 Å². The van der Waals surface area contributed by atoms with Gasteiger partial charge in [-0.3, -0.25) is 4.79 Å². The highest BCUT2D eigenvalue weighted by Crippen LogP contribution is 2.50. The molecule has 2 atom stereocenters. The quantitative estimate of drug-likeness (QED) is 0.798. The molecule has 0 bridgehead atoms. The zero-order valence-electron chi connectivity index (χ0n) is 12.5. The van der Waals surface area contributed by atoms with Crippen molar-refractivity contribution in [3.05, 3.63) is 35.4 Å². The molecule has 1 N–H and O–H groups in total. The summed E-state index contributed by atoms with van der Waals surface area (Å²) in [6.07, 6.45) is 2.16. The van der Waals surface area contributed by atoms with Crippen LogP contribution in [0.1, 0.15) is 37.8 Å². The summed E-state index contributed by atoms with van der Waals surface area (Å²) < 4.78 is 5.05. The van der Waals surface area contributed by atoms with E-state index in [0.717, 1.165) is 25.9 Å². The van der Waals surface area contributed by atoms with Crippen molar-refractivity contribution < 1.29 is 9.53 Å². The summed E-state index contributed by atoms with van der Waals surface area (Å²) in [7, 11) is 1.49. The van der Waals surface area contributed by atoms with Gasteiger partial charge in [-0.2, -0.15) is 0 Å². The molecule has 3 heteroatoms. The molecule has 108 valence electrons. The fraction of sp³-hybridized carbons (Fsp3) is 0.588. The largest absolute Gasteiger partial charge is 0.469 e. The van der Waals surface area contributed by atoms with E-state index in [4.69, 9.17) is 4.74 Å². The van der Waals surface area contributed by atoms with Crippen molar-refractivity contribution >= 4 is 5.97 Å². The molecule has 1 aromatic carbocycles. The Kier molecular flexibility index (Phi) is 3.13. The molecule has 3 nitrogen and oxygen atoms in total. The van der Waals surface area contributed by atoms with Gasteiger partial charge in [0.25, 0.3) is 0 Å². The highest BCUT2D eigenvalue weighted by molar-refractivity contribution is 5.76. The highest BCUT2D eigenvalue weighted by atomic mass is 16.5. The molecule has 1 heterocycles. The molecule has 0 aromatic heterocycles. The van der Waals surface area contributed by atoms with Crippen molar-refractivity contribution in [1.29, 1.82) is 0 Å². The number of ether oxygens (including phenoxy) is 1. The van der Waals surface area contributed by atoms with Crippen molar-refractivity contribution in [2.45, 2.75) is 37.5 Å². The van der Waals surface area contributed by atoms with Crippen LogP contribution in [0.4, 0.5) is 0 Å². The van der Waals surface area contributed by atoms with Crippen LogP contribution in [0.5, 0.6) is 0 Å². The van der Waals surface area contributed by atoms with Gasteiger partial charge >= 0.3 is 5.97 Å². The van der Waals surface area contributed by atoms with E-state index in [2.05, 4.69) is 43.4 Å². The van der Waals surface area contributed by atoms with Crippen molar-refractivity contribution in [2.24, 2.45) is 5.92 Å². The standard InChI is InChI=1S/C17H23NO2/c1-16(2)8-9-17(13-7-5-4-6-12(13)16)11-18-10-14(17)15(19)20-3/h4-7,14,18H,8-11H2,1-3H3. The highest BCUT2D eigenvalue weighted by Gasteiger charge is 2.52. The van der Waals surface area contributed by atoms with Gasteiger partial charge in [-0.05, 0) is 29.4 Å². The number of hydrogen-bond acceptors (Lipinski definition) is 3. The first-order chi connectivity index (χ1) is 9.51. The minimum absolute atomic E-state index is 0.0650. The average Bonchev–Trinajstić information content (AvgIpc) is 2.88. The lowest BCUT2D eigenvalue weighted by atomic mass is 9.58. The van der Waals surface area contributed by atoms with Crippen LogP contribution < -0.4 is 5.32 Å². The topological polar surface area (TPSA) is 38.3 Å². The fourth-order valence-corrected chi connectivity index (χ4v) is 4.07. The number of hydrogen-bond donors (Lipinski definition) is 1. The first-order valence-corrected chi connectivity index (χ1v) is 7.40. The maximum atomic E-state index is 12.2. The Morgan fingerprint density at radius 1 is 1.25 bits per heavy atom. The van der Waals surface area contributed by atoms with Gasteiger partial charge in [-0.15, -0.1) is 0 Å². The van der Waals surface area contributed by atoms with Crippen LogP contribution in [0.15, 0.2) is 24.3 Å². The van der Waals surface area contributed by atoms with E-state index in [1.165, 1.54) is 18.2 Å². The third kappa shape index (κ3) is 1.80. The second-order valence-corrected chi connectivity index (χ2v) is 6.79. The Morgan fingerprint density at radius 2 is 1.95 bits per heavy atom. The van der Waals surface area contributed by atoms with Crippen molar-refractivity contribution in [3.8, 4) is 0 Å². The van der Waals surface area contributed by atoms with Gasteiger partial charge < -0.3 is 10.1 Å². The van der Waals surface area contributed by atoms with Crippen molar-refractivity contribution in [3.63, 3.8) is 0 Å². The van der Waals surface area contributed by atoms with Gasteiger partial charge in [-0.1, -0.05) is 38.1 Å². The van der Waals surface area contributed by atoms with E-state index in [1.54, 1.807) is 0 Å². The third-order valence-corrected chi connectivity index (χ3v) is 5.33. The molecule has 1 aromatic rings. The number of benzene rings is 1.